The molecule has 0 atom stereocenters. The summed E-state index contributed by atoms with van der Waals surface area (Å²) in [6.45, 7) is 1.26. The van der Waals surface area contributed by atoms with Crippen molar-refractivity contribution in [3.63, 3.8) is 0 Å². The molecule has 0 saturated heterocycles. The number of fused-ring (bicyclic) bond motifs is 2. The summed E-state index contributed by atoms with van der Waals surface area (Å²) in [6, 6.07) is 10.5. The van der Waals surface area contributed by atoms with Gasteiger partial charge in [0.25, 0.3) is 17.1 Å². The third-order valence-electron chi connectivity index (χ3n) is 5.01. The van der Waals surface area contributed by atoms with Crippen molar-refractivity contribution in [1.82, 2.24) is 19.7 Å². The Morgan fingerprint density at radius 2 is 2.16 bits per heavy atom. The number of aryl methyl sites for hydroxylation is 1. The number of hydrogen-bond donors (Lipinski definition) is 2. The van der Waals surface area contributed by atoms with E-state index >= 15 is 0 Å². The van der Waals surface area contributed by atoms with E-state index in [2.05, 4.69) is 15.3 Å². The van der Waals surface area contributed by atoms with E-state index in [1.807, 2.05) is 12.1 Å². The van der Waals surface area contributed by atoms with Crippen LogP contribution in [0.2, 0.25) is 0 Å². The molecule has 0 radical (unpaired) electrons. The van der Waals surface area contributed by atoms with Gasteiger partial charge in [-0.05, 0) is 29.8 Å². The molecule has 0 bridgehead atoms. The first-order valence-electron chi connectivity index (χ1n) is 9.89. The molecule has 0 aromatic carbocycles. The average molecular weight is 419 g/mol. The Hall–Kier alpha value is -3.85. The number of aromatic nitrogens is 4. The van der Waals surface area contributed by atoms with E-state index in [1.54, 1.807) is 48.5 Å². The summed E-state index contributed by atoms with van der Waals surface area (Å²) in [5.74, 6) is -0.124. The van der Waals surface area contributed by atoms with Crippen LogP contribution in [0.15, 0.2) is 59.8 Å². The molecule has 1 amide bonds. The van der Waals surface area contributed by atoms with Gasteiger partial charge in [-0.15, -0.1) is 0 Å². The van der Waals surface area contributed by atoms with Crippen molar-refractivity contribution in [2.75, 3.05) is 19.5 Å². The molecule has 0 saturated carbocycles. The van der Waals surface area contributed by atoms with Crippen LogP contribution in [0.25, 0.3) is 16.7 Å². The van der Waals surface area contributed by atoms with Gasteiger partial charge in [0.1, 0.15) is 10.9 Å². The molecule has 0 aliphatic heterocycles. The van der Waals surface area contributed by atoms with Crippen LogP contribution in [0.5, 0.6) is 0 Å². The number of carbonyl (C=O) groups is 1. The number of rotatable bonds is 7. The zero-order chi connectivity index (χ0) is 21.8. The fourth-order valence-corrected chi connectivity index (χ4v) is 3.46. The van der Waals surface area contributed by atoms with Crippen LogP contribution >= 0.6 is 0 Å². The SMILES string of the molecule is COCCC[n+]1c(N)c(C(=O)NCc2cccnc2)cc2c(=O)n3ccccc3nc21. The molecule has 9 nitrogen and oxygen atoms in total. The summed E-state index contributed by atoms with van der Waals surface area (Å²) >= 11 is 0. The number of methoxy groups -OCH3 is 1. The normalized spacial score (nSPS) is 11.1. The second-order valence-electron chi connectivity index (χ2n) is 7.07. The van der Waals surface area contributed by atoms with Gasteiger partial charge in [0, 0.05) is 45.3 Å². The highest BCUT2D eigenvalue weighted by atomic mass is 16.5. The molecule has 0 unspecified atom stereocenters. The molecule has 4 rings (SSSR count). The largest absolute Gasteiger partial charge is 0.385 e. The van der Waals surface area contributed by atoms with Gasteiger partial charge in [0.2, 0.25) is 11.5 Å². The fourth-order valence-electron chi connectivity index (χ4n) is 3.46. The molecule has 158 valence electrons. The van der Waals surface area contributed by atoms with E-state index in [-0.39, 0.29) is 22.8 Å². The van der Waals surface area contributed by atoms with Crippen LogP contribution in [0.4, 0.5) is 5.82 Å². The molecule has 3 N–H and O–H groups in total. The maximum Gasteiger partial charge on any atom is 0.278 e. The molecule has 0 aliphatic rings. The number of amides is 1. The molecular formula is C22H23N6O3+. The summed E-state index contributed by atoms with van der Waals surface area (Å²) < 4.78 is 8.31. The van der Waals surface area contributed by atoms with Gasteiger partial charge in [-0.2, -0.15) is 0 Å². The number of nitrogens with two attached hydrogens (primary N) is 1. The zero-order valence-electron chi connectivity index (χ0n) is 17.1. The first kappa shape index (κ1) is 20.4. The third-order valence-corrected chi connectivity index (χ3v) is 5.01. The lowest BCUT2D eigenvalue weighted by Gasteiger charge is -2.12. The lowest BCUT2D eigenvalue weighted by molar-refractivity contribution is -0.659. The first-order valence-corrected chi connectivity index (χ1v) is 9.89. The summed E-state index contributed by atoms with van der Waals surface area (Å²) in [4.78, 5) is 34.8. The number of carbonyl (C=O) groups excluding carboxylic acids is 1. The predicted octanol–water partition coefficient (Wildman–Crippen LogP) is 1.08. The van der Waals surface area contributed by atoms with Crippen LogP contribution in [0, 0.1) is 0 Å². The van der Waals surface area contributed by atoms with Gasteiger partial charge in [-0.1, -0.05) is 17.1 Å². The van der Waals surface area contributed by atoms with E-state index < -0.39 is 0 Å². The van der Waals surface area contributed by atoms with E-state index in [9.17, 15) is 9.59 Å². The van der Waals surface area contributed by atoms with Crippen molar-refractivity contribution in [3.8, 4) is 0 Å². The van der Waals surface area contributed by atoms with E-state index in [1.165, 1.54) is 10.5 Å². The summed E-state index contributed by atoms with van der Waals surface area (Å²) in [5, 5.41) is 3.17. The Bertz CT molecular complexity index is 1300. The second kappa shape index (κ2) is 8.88. The Labute approximate surface area is 178 Å². The monoisotopic (exact) mass is 419 g/mol. The smallest absolute Gasteiger partial charge is 0.278 e. The Morgan fingerprint density at radius 3 is 2.94 bits per heavy atom. The quantitative estimate of drug-likeness (QED) is 0.263. The summed E-state index contributed by atoms with van der Waals surface area (Å²) in [5.41, 5.74) is 8.16. The number of pyridine rings is 3. The molecule has 31 heavy (non-hydrogen) atoms. The minimum atomic E-state index is -0.374. The average Bonchev–Trinajstić information content (AvgIpc) is 2.80. The third kappa shape index (κ3) is 4.08. The number of anilines is 1. The highest BCUT2D eigenvalue weighted by molar-refractivity contribution is 6.00. The molecule has 0 fully saturated rings. The lowest BCUT2D eigenvalue weighted by Crippen LogP contribution is -2.43. The van der Waals surface area contributed by atoms with Gasteiger partial charge >= 0.3 is 0 Å². The molecule has 4 heterocycles. The number of nitrogen functional groups attached to an aromatic ring is 1. The molecule has 9 heteroatoms. The minimum Gasteiger partial charge on any atom is -0.385 e. The Kier molecular flexibility index (Phi) is 5.85. The van der Waals surface area contributed by atoms with Crippen molar-refractivity contribution < 1.29 is 14.1 Å². The van der Waals surface area contributed by atoms with E-state index in [0.29, 0.717) is 42.8 Å². The topological polar surface area (TPSA) is 115 Å². The van der Waals surface area contributed by atoms with Crippen molar-refractivity contribution in [2.24, 2.45) is 0 Å². The molecule has 0 aliphatic carbocycles. The highest BCUT2D eigenvalue weighted by Crippen LogP contribution is 2.15. The van der Waals surface area contributed by atoms with Gasteiger partial charge in [-0.25, -0.2) is 4.57 Å². The van der Waals surface area contributed by atoms with E-state index in [0.717, 1.165) is 5.56 Å². The number of ether oxygens (including phenoxy) is 1. The second-order valence-corrected chi connectivity index (χ2v) is 7.07. The van der Waals surface area contributed by atoms with Crippen molar-refractivity contribution in [3.05, 3.63) is 76.5 Å². The Balaban J connectivity index is 1.81. The number of nitrogens with zero attached hydrogens (tertiary/aromatic N) is 4. The Morgan fingerprint density at radius 1 is 1.29 bits per heavy atom. The molecule has 0 spiro atoms. The molecular weight excluding hydrogens is 396 g/mol. The standard InChI is InChI=1S/C22H22N6O3/c1-31-11-5-10-28-19(23)16(21(29)25-14-15-6-4-8-24-13-15)12-17-20(28)26-18-7-2-3-9-27(18)22(17)30/h2-4,6-9,12-13,23H,5,10-11,14H2,1H3,(H,25,29)/p+1. The van der Waals surface area contributed by atoms with Crippen LogP contribution in [-0.4, -0.2) is 34.0 Å². The number of hydrogen-bond acceptors (Lipinski definition) is 6. The fraction of sp³-hybridized carbons (Fsp3) is 0.227. The van der Waals surface area contributed by atoms with Gasteiger partial charge in [0.15, 0.2) is 0 Å². The van der Waals surface area contributed by atoms with Crippen molar-refractivity contribution in [2.45, 2.75) is 19.5 Å². The minimum absolute atomic E-state index is 0.226. The van der Waals surface area contributed by atoms with Crippen LogP contribution in [0.3, 0.4) is 0 Å². The van der Waals surface area contributed by atoms with Gasteiger partial charge in [-0.3, -0.25) is 19.0 Å². The van der Waals surface area contributed by atoms with Crippen molar-refractivity contribution in [1.29, 1.82) is 0 Å². The van der Waals surface area contributed by atoms with Crippen LogP contribution < -0.4 is 21.2 Å². The van der Waals surface area contributed by atoms with Gasteiger partial charge < -0.3 is 15.8 Å². The number of nitrogens with one attached hydrogen (secondary N) is 1. The predicted molar refractivity (Wildman–Crippen MR) is 115 cm³/mol. The lowest BCUT2D eigenvalue weighted by atomic mass is 10.1. The zero-order valence-corrected chi connectivity index (χ0v) is 17.1. The van der Waals surface area contributed by atoms with Crippen LogP contribution in [-0.2, 0) is 17.8 Å². The maximum absolute atomic E-state index is 13.1. The highest BCUT2D eigenvalue weighted by Gasteiger charge is 2.24. The van der Waals surface area contributed by atoms with Crippen LogP contribution in [0.1, 0.15) is 22.3 Å². The molecule has 4 aromatic heterocycles. The van der Waals surface area contributed by atoms with Gasteiger partial charge in [0.05, 0.1) is 6.54 Å². The maximum atomic E-state index is 13.1. The summed E-state index contributed by atoms with van der Waals surface area (Å²) in [6.07, 6.45) is 5.65. The summed E-state index contributed by atoms with van der Waals surface area (Å²) in [7, 11) is 1.62. The first-order chi connectivity index (χ1) is 15.1. The van der Waals surface area contributed by atoms with Crippen molar-refractivity contribution >= 4 is 28.4 Å². The molecule has 4 aromatic rings. The van der Waals surface area contributed by atoms with E-state index in [4.69, 9.17) is 10.5 Å².